The number of rotatable bonds is 4. The van der Waals surface area contributed by atoms with E-state index >= 15 is 0 Å². The molecule has 2 aromatic rings. The van der Waals surface area contributed by atoms with Crippen LogP contribution in [0.5, 0.6) is 0 Å². The molecule has 1 aliphatic heterocycles. The Morgan fingerprint density at radius 2 is 2.12 bits per heavy atom. The molecule has 1 saturated heterocycles. The number of fused-ring (bicyclic) bond motifs is 2. The average Bonchev–Trinajstić information content (AvgIpc) is 3.10. The summed E-state index contributed by atoms with van der Waals surface area (Å²) in [6.45, 7) is 3.15. The molecule has 4 rings (SSSR count). The van der Waals surface area contributed by atoms with Gasteiger partial charge in [-0.15, -0.1) is 0 Å². The molecule has 2 aliphatic rings. The minimum atomic E-state index is 0.437. The first-order chi connectivity index (χ1) is 11.7. The van der Waals surface area contributed by atoms with Gasteiger partial charge in [0.25, 0.3) is 0 Å². The van der Waals surface area contributed by atoms with E-state index in [0.717, 1.165) is 61.0 Å². The van der Waals surface area contributed by atoms with Crippen LogP contribution in [-0.2, 0) is 0 Å². The van der Waals surface area contributed by atoms with E-state index in [2.05, 4.69) is 26.3 Å². The van der Waals surface area contributed by atoms with Crippen LogP contribution in [0.4, 0.5) is 5.82 Å². The van der Waals surface area contributed by atoms with Gasteiger partial charge in [-0.3, -0.25) is 4.98 Å². The Kier molecular flexibility index (Phi) is 4.26. The zero-order chi connectivity index (χ0) is 16.5. The van der Waals surface area contributed by atoms with Crippen LogP contribution in [0, 0.1) is 23.2 Å². The number of pyridine rings is 2. The van der Waals surface area contributed by atoms with Gasteiger partial charge in [0.1, 0.15) is 11.0 Å². The lowest BCUT2D eigenvalue weighted by molar-refractivity contribution is 0.316. The molecule has 0 bridgehead atoms. The van der Waals surface area contributed by atoms with Crippen molar-refractivity contribution in [2.75, 3.05) is 25.0 Å². The maximum Gasteiger partial charge on any atom is 0.137 e. The smallest absolute Gasteiger partial charge is 0.137 e. The van der Waals surface area contributed by atoms with E-state index in [1.807, 2.05) is 12.1 Å². The minimum Gasteiger partial charge on any atom is -0.367 e. The molecule has 5 nitrogen and oxygen atoms in total. The molecule has 1 N–H and O–H groups in total. The lowest BCUT2D eigenvalue weighted by atomic mass is 10.0. The molecule has 24 heavy (non-hydrogen) atoms. The van der Waals surface area contributed by atoms with Gasteiger partial charge in [0.05, 0.1) is 11.6 Å². The van der Waals surface area contributed by atoms with Crippen LogP contribution < -0.4 is 5.32 Å². The van der Waals surface area contributed by atoms with Crippen LogP contribution in [0.25, 0.3) is 10.9 Å². The Morgan fingerprint density at radius 3 is 2.88 bits per heavy atom. The summed E-state index contributed by atoms with van der Waals surface area (Å²) < 4.78 is 0. The molecule has 124 valence electrons. The molecule has 2 atom stereocenters. The molecule has 2 fully saturated rings. The van der Waals surface area contributed by atoms with Crippen molar-refractivity contribution in [3.63, 3.8) is 0 Å². The molecular weight excluding hydrogens is 322 g/mol. The molecule has 0 aromatic carbocycles. The van der Waals surface area contributed by atoms with Gasteiger partial charge in [0.15, 0.2) is 0 Å². The number of likely N-dealkylation sites (tertiary alicyclic amines) is 1. The lowest BCUT2D eigenvalue weighted by Crippen LogP contribution is -2.26. The number of hydrogen-bond acceptors (Lipinski definition) is 5. The van der Waals surface area contributed by atoms with Gasteiger partial charge in [-0.1, -0.05) is 11.6 Å². The third-order valence-corrected chi connectivity index (χ3v) is 5.47. The zero-order valence-electron chi connectivity index (χ0n) is 13.5. The first kappa shape index (κ1) is 15.6. The maximum absolute atomic E-state index is 8.74. The summed E-state index contributed by atoms with van der Waals surface area (Å²) in [6.07, 6.45) is 4.72. The fourth-order valence-corrected chi connectivity index (χ4v) is 4.44. The Morgan fingerprint density at radius 1 is 1.33 bits per heavy atom. The van der Waals surface area contributed by atoms with Crippen molar-refractivity contribution in [1.29, 1.82) is 5.26 Å². The van der Waals surface area contributed by atoms with E-state index < -0.39 is 0 Å². The topological polar surface area (TPSA) is 64.8 Å². The molecule has 0 radical (unpaired) electrons. The number of nitrogens with one attached hydrogen (secondary N) is 1. The molecule has 1 saturated carbocycles. The van der Waals surface area contributed by atoms with Gasteiger partial charge >= 0.3 is 0 Å². The first-order valence-electron chi connectivity index (χ1n) is 8.50. The molecule has 2 unspecified atom stereocenters. The number of anilines is 1. The number of aromatic nitrogens is 2. The van der Waals surface area contributed by atoms with Crippen molar-refractivity contribution >= 4 is 28.3 Å². The van der Waals surface area contributed by atoms with Crippen molar-refractivity contribution in [3.05, 3.63) is 29.5 Å². The second-order valence-electron chi connectivity index (χ2n) is 6.86. The van der Waals surface area contributed by atoms with Crippen molar-refractivity contribution in [3.8, 4) is 6.07 Å². The largest absolute Gasteiger partial charge is 0.367 e. The fraction of sp³-hybridized carbons (Fsp3) is 0.500. The summed E-state index contributed by atoms with van der Waals surface area (Å²) in [5, 5.41) is 13.8. The molecule has 0 spiro atoms. The van der Waals surface area contributed by atoms with Crippen molar-refractivity contribution in [2.45, 2.75) is 25.3 Å². The first-order valence-corrected chi connectivity index (χ1v) is 8.88. The summed E-state index contributed by atoms with van der Waals surface area (Å²) in [5.41, 5.74) is 0.876. The van der Waals surface area contributed by atoms with E-state index in [0.29, 0.717) is 17.6 Å². The fourth-order valence-electron chi connectivity index (χ4n) is 4.25. The summed E-state index contributed by atoms with van der Waals surface area (Å²) >= 11 is 6.15. The highest BCUT2D eigenvalue weighted by molar-refractivity contribution is 6.30. The van der Waals surface area contributed by atoms with Crippen LogP contribution in [0.3, 0.4) is 0 Å². The van der Waals surface area contributed by atoms with Crippen LogP contribution in [-0.4, -0.2) is 40.5 Å². The Bertz CT molecular complexity index is 773. The van der Waals surface area contributed by atoms with E-state index in [-0.39, 0.29) is 0 Å². The summed E-state index contributed by atoms with van der Waals surface area (Å²) in [5.74, 6) is 2.30. The molecule has 3 heterocycles. The standard InChI is InChI=1S/C18H20ClN5/c19-17-9-16-15(3-1-5-21-16)18(23-17)22-14-7-12-10-24(6-2-4-20)11-13(12)8-14/h1,3,5,9,12-14H,2,6-8,10-11H2,(H,22,23). The predicted octanol–water partition coefficient (Wildman–Crippen LogP) is 3.32. The molecule has 0 amide bonds. The van der Waals surface area contributed by atoms with Crippen LogP contribution in [0.2, 0.25) is 5.15 Å². The van der Waals surface area contributed by atoms with E-state index in [1.165, 1.54) is 0 Å². The molecule has 1 aliphatic carbocycles. The monoisotopic (exact) mass is 341 g/mol. The summed E-state index contributed by atoms with van der Waals surface area (Å²) in [4.78, 5) is 11.3. The molecule has 2 aromatic heterocycles. The van der Waals surface area contributed by atoms with Crippen molar-refractivity contribution in [1.82, 2.24) is 14.9 Å². The number of nitriles is 1. The van der Waals surface area contributed by atoms with Gasteiger partial charge in [-0.25, -0.2) is 4.98 Å². The van der Waals surface area contributed by atoms with E-state index in [4.69, 9.17) is 16.9 Å². The maximum atomic E-state index is 8.74. The number of nitrogens with zero attached hydrogens (tertiary/aromatic N) is 4. The zero-order valence-corrected chi connectivity index (χ0v) is 14.2. The Hall–Kier alpha value is -1.90. The number of hydrogen-bond donors (Lipinski definition) is 1. The molecule has 6 heteroatoms. The minimum absolute atomic E-state index is 0.437. The third-order valence-electron chi connectivity index (χ3n) is 5.28. The quantitative estimate of drug-likeness (QED) is 0.864. The van der Waals surface area contributed by atoms with Crippen LogP contribution in [0.1, 0.15) is 19.3 Å². The van der Waals surface area contributed by atoms with Gasteiger partial charge < -0.3 is 10.2 Å². The van der Waals surface area contributed by atoms with Gasteiger partial charge in [0, 0.05) is 49.7 Å². The summed E-state index contributed by atoms with van der Waals surface area (Å²) in [6, 6.07) is 8.45. The van der Waals surface area contributed by atoms with Gasteiger partial charge in [0.2, 0.25) is 0 Å². The SMILES string of the molecule is N#CCCN1CC2CC(Nc3nc(Cl)cc4ncccc34)CC2C1. The number of halogens is 1. The highest BCUT2D eigenvalue weighted by Crippen LogP contribution is 2.39. The molecular formula is C18H20ClN5. The third kappa shape index (κ3) is 3.04. The van der Waals surface area contributed by atoms with E-state index in [1.54, 1.807) is 12.3 Å². The predicted molar refractivity (Wildman–Crippen MR) is 94.8 cm³/mol. The van der Waals surface area contributed by atoms with Gasteiger partial charge in [-0.05, 0) is 36.8 Å². The Labute approximate surface area is 146 Å². The second-order valence-corrected chi connectivity index (χ2v) is 7.25. The highest BCUT2D eigenvalue weighted by atomic mass is 35.5. The van der Waals surface area contributed by atoms with E-state index in [9.17, 15) is 0 Å². The van der Waals surface area contributed by atoms with Crippen molar-refractivity contribution < 1.29 is 0 Å². The Balaban J connectivity index is 1.45. The van der Waals surface area contributed by atoms with Crippen molar-refractivity contribution in [2.24, 2.45) is 11.8 Å². The highest BCUT2D eigenvalue weighted by Gasteiger charge is 2.40. The second kappa shape index (κ2) is 6.54. The van der Waals surface area contributed by atoms with Crippen LogP contribution in [0.15, 0.2) is 24.4 Å². The normalized spacial score (nSPS) is 26.4. The average molecular weight is 342 g/mol. The summed E-state index contributed by atoms with van der Waals surface area (Å²) in [7, 11) is 0. The van der Waals surface area contributed by atoms with Gasteiger partial charge in [-0.2, -0.15) is 5.26 Å². The van der Waals surface area contributed by atoms with Crippen LogP contribution >= 0.6 is 11.6 Å². The lowest BCUT2D eigenvalue weighted by Gasteiger charge is -2.19.